The van der Waals surface area contributed by atoms with E-state index >= 15 is 0 Å². The third-order valence-corrected chi connectivity index (χ3v) is 4.57. The van der Waals surface area contributed by atoms with Gasteiger partial charge in [0, 0.05) is 11.4 Å². The SMILES string of the molecule is CC1CCC(Nc2c(N)cnc3ccccc23)C(C)C1. The van der Waals surface area contributed by atoms with Crippen LogP contribution >= 0.6 is 0 Å². The fourth-order valence-corrected chi connectivity index (χ4v) is 3.38. The average molecular weight is 269 g/mol. The third kappa shape index (κ3) is 2.45. The van der Waals surface area contributed by atoms with Crippen LogP contribution in [0.1, 0.15) is 33.1 Å². The number of hydrogen-bond donors (Lipinski definition) is 2. The van der Waals surface area contributed by atoms with Gasteiger partial charge in [0.25, 0.3) is 0 Å². The van der Waals surface area contributed by atoms with Crippen LogP contribution in [0.25, 0.3) is 10.9 Å². The summed E-state index contributed by atoms with van der Waals surface area (Å²) in [5.74, 6) is 1.53. The van der Waals surface area contributed by atoms with Gasteiger partial charge in [-0.2, -0.15) is 0 Å². The van der Waals surface area contributed by atoms with E-state index in [1.165, 1.54) is 19.3 Å². The molecular formula is C17H23N3. The second-order valence-corrected chi connectivity index (χ2v) is 6.25. The summed E-state index contributed by atoms with van der Waals surface area (Å²) in [5.41, 5.74) is 8.95. The van der Waals surface area contributed by atoms with Crippen LogP contribution in [0.4, 0.5) is 11.4 Å². The maximum Gasteiger partial charge on any atom is 0.0743 e. The molecule has 1 aromatic heterocycles. The Labute approximate surface area is 120 Å². The molecule has 1 fully saturated rings. The smallest absolute Gasteiger partial charge is 0.0743 e. The number of benzene rings is 1. The van der Waals surface area contributed by atoms with Gasteiger partial charge in [-0.3, -0.25) is 4.98 Å². The topological polar surface area (TPSA) is 50.9 Å². The first kappa shape index (κ1) is 13.2. The van der Waals surface area contributed by atoms with Crippen molar-refractivity contribution in [1.29, 1.82) is 0 Å². The number of nitrogens with one attached hydrogen (secondary N) is 1. The normalized spacial score (nSPS) is 26.6. The number of nitrogens with zero attached hydrogens (tertiary/aromatic N) is 1. The Hall–Kier alpha value is -1.77. The van der Waals surface area contributed by atoms with Crippen LogP contribution < -0.4 is 11.1 Å². The van der Waals surface area contributed by atoms with Crippen LogP contribution in [0.15, 0.2) is 30.5 Å². The molecule has 0 bridgehead atoms. The van der Waals surface area contributed by atoms with Crippen molar-refractivity contribution in [1.82, 2.24) is 4.98 Å². The Kier molecular flexibility index (Phi) is 3.51. The van der Waals surface area contributed by atoms with E-state index in [9.17, 15) is 0 Å². The molecule has 0 saturated heterocycles. The Morgan fingerprint density at radius 3 is 2.80 bits per heavy atom. The highest BCUT2D eigenvalue weighted by atomic mass is 15.0. The summed E-state index contributed by atoms with van der Waals surface area (Å²) in [4.78, 5) is 4.40. The fourth-order valence-electron chi connectivity index (χ4n) is 3.38. The lowest BCUT2D eigenvalue weighted by atomic mass is 9.80. The Bertz CT molecular complexity index is 608. The minimum Gasteiger partial charge on any atom is -0.396 e. The molecule has 3 atom stereocenters. The lowest BCUT2D eigenvalue weighted by molar-refractivity contribution is 0.277. The summed E-state index contributed by atoms with van der Waals surface area (Å²) in [6.45, 7) is 4.69. The quantitative estimate of drug-likeness (QED) is 0.864. The van der Waals surface area contributed by atoms with E-state index in [-0.39, 0.29) is 0 Å². The first-order chi connectivity index (χ1) is 9.65. The van der Waals surface area contributed by atoms with E-state index in [4.69, 9.17) is 5.73 Å². The van der Waals surface area contributed by atoms with Crippen LogP contribution in [-0.2, 0) is 0 Å². The molecule has 3 nitrogen and oxygen atoms in total. The number of aromatic nitrogens is 1. The molecule has 3 unspecified atom stereocenters. The van der Waals surface area contributed by atoms with Gasteiger partial charge in [0.05, 0.1) is 23.1 Å². The number of nitrogen functional groups attached to an aromatic ring is 1. The predicted molar refractivity (Wildman–Crippen MR) is 85.7 cm³/mol. The zero-order valence-corrected chi connectivity index (χ0v) is 12.3. The van der Waals surface area contributed by atoms with Crippen molar-refractivity contribution in [2.75, 3.05) is 11.1 Å². The molecule has 3 heteroatoms. The van der Waals surface area contributed by atoms with E-state index in [0.717, 1.165) is 28.2 Å². The molecule has 0 spiro atoms. The van der Waals surface area contributed by atoms with Gasteiger partial charge in [0.2, 0.25) is 0 Å². The summed E-state index contributed by atoms with van der Waals surface area (Å²) in [7, 11) is 0. The van der Waals surface area contributed by atoms with E-state index in [2.05, 4.69) is 30.2 Å². The summed E-state index contributed by atoms with van der Waals surface area (Å²) in [6, 6.07) is 8.70. The van der Waals surface area contributed by atoms with Gasteiger partial charge in [-0.25, -0.2) is 0 Å². The number of fused-ring (bicyclic) bond motifs is 1. The third-order valence-electron chi connectivity index (χ3n) is 4.57. The summed E-state index contributed by atoms with van der Waals surface area (Å²) >= 11 is 0. The van der Waals surface area contributed by atoms with Crippen molar-refractivity contribution < 1.29 is 0 Å². The number of rotatable bonds is 2. The highest BCUT2D eigenvalue weighted by Crippen LogP contribution is 2.34. The van der Waals surface area contributed by atoms with Gasteiger partial charge in [-0.05, 0) is 37.2 Å². The average Bonchev–Trinajstić information content (AvgIpc) is 2.44. The van der Waals surface area contributed by atoms with Crippen molar-refractivity contribution in [3.8, 4) is 0 Å². The molecule has 1 aliphatic carbocycles. The largest absolute Gasteiger partial charge is 0.396 e. The van der Waals surface area contributed by atoms with Crippen molar-refractivity contribution >= 4 is 22.3 Å². The molecule has 0 amide bonds. The van der Waals surface area contributed by atoms with E-state index in [1.54, 1.807) is 6.20 Å². The summed E-state index contributed by atoms with van der Waals surface area (Å²) < 4.78 is 0. The molecule has 3 N–H and O–H groups in total. The predicted octanol–water partition coefficient (Wildman–Crippen LogP) is 4.05. The zero-order valence-electron chi connectivity index (χ0n) is 12.3. The maximum atomic E-state index is 6.15. The van der Waals surface area contributed by atoms with E-state index in [0.29, 0.717) is 12.0 Å². The molecule has 20 heavy (non-hydrogen) atoms. The van der Waals surface area contributed by atoms with Crippen LogP contribution in [0.2, 0.25) is 0 Å². The molecule has 1 heterocycles. The van der Waals surface area contributed by atoms with Gasteiger partial charge in [0.15, 0.2) is 0 Å². The minimum atomic E-state index is 0.513. The Morgan fingerprint density at radius 2 is 2.00 bits per heavy atom. The van der Waals surface area contributed by atoms with Gasteiger partial charge >= 0.3 is 0 Å². The van der Waals surface area contributed by atoms with Crippen LogP contribution in [0.3, 0.4) is 0 Å². The lowest BCUT2D eigenvalue weighted by Crippen LogP contribution is -2.33. The number of nitrogens with two attached hydrogens (primary N) is 1. The molecule has 1 aliphatic rings. The molecule has 1 aromatic carbocycles. The molecule has 106 valence electrons. The zero-order chi connectivity index (χ0) is 14.1. The van der Waals surface area contributed by atoms with Crippen molar-refractivity contribution in [3.05, 3.63) is 30.5 Å². The molecule has 0 aliphatic heterocycles. The summed E-state index contributed by atoms with van der Waals surface area (Å²) in [5, 5.41) is 4.82. The number of hydrogen-bond acceptors (Lipinski definition) is 3. The maximum absolute atomic E-state index is 6.15. The highest BCUT2D eigenvalue weighted by Gasteiger charge is 2.26. The van der Waals surface area contributed by atoms with E-state index in [1.807, 2.05) is 18.2 Å². The van der Waals surface area contributed by atoms with Gasteiger partial charge in [-0.1, -0.05) is 32.0 Å². The number of pyridine rings is 1. The van der Waals surface area contributed by atoms with Gasteiger partial charge in [0.1, 0.15) is 0 Å². The highest BCUT2D eigenvalue weighted by molar-refractivity contribution is 5.96. The fraction of sp³-hybridized carbons (Fsp3) is 0.471. The van der Waals surface area contributed by atoms with Crippen molar-refractivity contribution in [2.45, 2.75) is 39.2 Å². The molecule has 2 aromatic rings. The second-order valence-electron chi connectivity index (χ2n) is 6.25. The molecular weight excluding hydrogens is 246 g/mol. The van der Waals surface area contributed by atoms with Crippen LogP contribution in [0, 0.1) is 11.8 Å². The number of para-hydroxylation sites is 1. The summed E-state index contributed by atoms with van der Waals surface area (Å²) in [6.07, 6.45) is 5.57. The first-order valence-electron chi connectivity index (χ1n) is 7.55. The van der Waals surface area contributed by atoms with Crippen LogP contribution in [0.5, 0.6) is 0 Å². The first-order valence-corrected chi connectivity index (χ1v) is 7.55. The van der Waals surface area contributed by atoms with E-state index < -0.39 is 0 Å². The Balaban J connectivity index is 1.92. The molecule has 3 rings (SSSR count). The lowest BCUT2D eigenvalue weighted by Gasteiger charge is -2.34. The molecule has 1 saturated carbocycles. The van der Waals surface area contributed by atoms with Crippen molar-refractivity contribution in [3.63, 3.8) is 0 Å². The minimum absolute atomic E-state index is 0.513. The second kappa shape index (κ2) is 5.31. The van der Waals surface area contributed by atoms with Gasteiger partial charge in [-0.15, -0.1) is 0 Å². The molecule has 0 radical (unpaired) electrons. The van der Waals surface area contributed by atoms with Crippen LogP contribution in [-0.4, -0.2) is 11.0 Å². The van der Waals surface area contributed by atoms with Gasteiger partial charge < -0.3 is 11.1 Å². The standard InChI is InChI=1S/C17H23N3/c1-11-7-8-15(12(2)9-11)20-17-13-5-3-4-6-16(13)19-10-14(17)18/h3-6,10-12,15H,7-9,18H2,1-2H3,(H,19,20). The van der Waals surface area contributed by atoms with Crippen molar-refractivity contribution in [2.24, 2.45) is 11.8 Å². The monoisotopic (exact) mass is 269 g/mol. The number of anilines is 2. The Morgan fingerprint density at radius 1 is 1.20 bits per heavy atom.